The minimum atomic E-state index is -2.69. The molecule has 3 aromatic rings. The van der Waals surface area contributed by atoms with Crippen LogP contribution >= 0.6 is 0 Å². The number of hydrogen-bond acceptors (Lipinski definition) is 4. The smallest absolute Gasteiger partial charge is 0.256 e. The lowest BCUT2D eigenvalue weighted by atomic mass is 9.79. The predicted molar refractivity (Wildman–Crippen MR) is 107 cm³/mol. The molecule has 0 fully saturated rings. The Morgan fingerprint density at radius 2 is 1.77 bits per heavy atom. The first kappa shape index (κ1) is 20.8. The highest BCUT2D eigenvalue weighted by Gasteiger charge is 2.45. The summed E-state index contributed by atoms with van der Waals surface area (Å²) in [5.74, 6) is -0.706. The molecule has 5 nitrogen and oxygen atoms in total. The zero-order valence-electron chi connectivity index (χ0n) is 16.4. The van der Waals surface area contributed by atoms with E-state index in [-0.39, 0.29) is 6.04 Å². The molecule has 1 aliphatic rings. The summed E-state index contributed by atoms with van der Waals surface area (Å²) in [6, 6.07) is 10.8. The van der Waals surface area contributed by atoms with Crippen molar-refractivity contribution in [3.05, 3.63) is 99.7 Å². The number of aliphatic imine (C=N–C) groups is 1. The lowest BCUT2D eigenvalue weighted by Crippen LogP contribution is -2.41. The minimum absolute atomic E-state index is 0.365. The second kappa shape index (κ2) is 7.98. The summed E-state index contributed by atoms with van der Waals surface area (Å²) in [4.78, 5) is 20.5. The third kappa shape index (κ3) is 3.83. The van der Waals surface area contributed by atoms with Gasteiger partial charge < -0.3 is 9.88 Å². The Hall–Kier alpha value is -3.49. The van der Waals surface area contributed by atoms with Gasteiger partial charge in [0.1, 0.15) is 17.2 Å². The Kier molecular flexibility index (Phi) is 5.34. The number of amidine groups is 1. The van der Waals surface area contributed by atoms with Crippen LogP contribution in [0.5, 0.6) is 0 Å². The van der Waals surface area contributed by atoms with Crippen LogP contribution in [0.3, 0.4) is 0 Å². The maximum Gasteiger partial charge on any atom is 0.256 e. The molecule has 4 rings (SSSR count). The van der Waals surface area contributed by atoms with Gasteiger partial charge in [-0.05, 0) is 36.8 Å². The van der Waals surface area contributed by atoms with Crippen LogP contribution in [0.25, 0.3) is 0 Å². The van der Waals surface area contributed by atoms with E-state index < -0.39 is 35.8 Å². The number of aromatic nitrogens is 2. The summed E-state index contributed by atoms with van der Waals surface area (Å²) < 4.78 is 53.6. The van der Waals surface area contributed by atoms with Gasteiger partial charge in [0.25, 0.3) is 12.0 Å². The van der Waals surface area contributed by atoms with E-state index in [2.05, 4.69) is 10.3 Å². The molecule has 0 amide bonds. The molecule has 9 heteroatoms. The van der Waals surface area contributed by atoms with Crippen LogP contribution in [-0.2, 0) is 12.1 Å². The molecule has 0 bridgehead atoms. The highest BCUT2D eigenvalue weighted by atomic mass is 19.3. The number of hydrogen-bond donors (Lipinski definition) is 1. The van der Waals surface area contributed by atoms with Crippen molar-refractivity contribution >= 4 is 5.84 Å². The average Bonchev–Trinajstić information content (AvgIpc) is 3.08. The van der Waals surface area contributed by atoms with Crippen molar-refractivity contribution in [2.24, 2.45) is 4.99 Å². The zero-order valence-corrected chi connectivity index (χ0v) is 16.4. The molecule has 0 saturated heterocycles. The molecule has 2 atom stereocenters. The second-order valence-electron chi connectivity index (χ2n) is 7.27. The van der Waals surface area contributed by atoms with Crippen molar-refractivity contribution in [2.75, 3.05) is 0 Å². The summed E-state index contributed by atoms with van der Waals surface area (Å²) in [6.45, 7) is 1.11. The van der Waals surface area contributed by atoms with Gasteiger partial charge >= 0.3 is 0 Å². The van der Waals surface area contributed by atoms with Crippen molar-refractivity contribution in [3.8, 4) is 0 Å². The van der Waals surface area contributed by atoms with Crippen molar-refractivity contribution in [1.29, 1.82) is 0 Å². The highest BCUT2D eigenvalue weighted by Crippen LogP contribution is 2.40. The summed E-state index contributed by atoms with van der Waals surface area (Å²) in [6.07, 6.45) is -0.00786. The molecule has 31 heavy (non-hydrogen) atoms. The van der Waals surface area contributed by atoms with Gasteiger partial charge in [0.05, 0.1) is 12.6 Å². The van der Waals surface area contributed by atoms with E-state index in [0.717, 1.165) is 4.57 Å². The van der Waals surface area contributed by atoms with Gasteiger partial charge in [-0.2, -0.15) is 4.39 Å². The summed E-state index contributed by atoms with van der Waals surface area (Å²) in [5.41, 5.74) is 0.0111. The monoisotopic (exact) mass is 430 g/mol. The molecular formula is C22H18F4N4O. The topological polar surface area (TPSA) is 59.3 Å². The van der Waals surface area contributed by atoms with Crippen LogP contribution in [0.1, 0.15) is 23.6 Å². The molecule has 1 N–H and O–H groups in total. The van der Waals surface area contributed by atoms with E-state index in [4.69, 9.17) is 4.99 Å². The van der Waals surface area contributed by atoms with Gasteiger partial charge in [0.15, 0.2) is 0 Å². The summed E-state index contributed by atoms with van der Waals surface area (Å²) >= 11 is 0. The average molecular weight is 430 g/mol. The molecule has 3 heterocycles. The normalized spacial score (nSPS) is 20.6. The highest BCUT2D eigenvalue weighted by molar-refractivity contribution is 6.00. The van der Waals surface area contributed by atoms with E-state index in [0.29, 0.717) is 22.5 Å². The Bertz CT molecular complexity index is 1130. The van der Waals surface area contributed by atoms with Crippen LogP contribution in [0.15, 0.2) is 70.7 Å². The number of rotatable bonds is 5. The number of nitrogens with one attached hydrogen (secondary N) is 1. The fourth-order valence-corrected chi connectivity index (χ4v) is 3.83. The van der Waals surface area contributed by atoms with E-state index in [1.54, 1.807) is 18.2 Å². The van der Waals surface area contributed by atoms with E-state index >= 15 is 0 Å². The molecule has 160 valence electrons. The lowest BCUT2D eigenvalue weighted by molar-refractivity contribution is 0.125. The van der Waals surface area contributed by atoms with Gasteiger partial charge in [-0.15, -0.1) is 0 Å². The number of nitrogens with zero attached hydrogens (tertiary/aromatic N) is 3. The Morgan fingerprint density at radius 1 is 1.06 bits per heavy atom. The predicted octanol–water partition coefficient (Wildman–Crippen LogP) is 3.47. The Morgan fingerprint density at radius 3 is 2.42 bits per heavy atom. The first-order valence-electron chi connectivity index (χ1n) is 9.53. The van der Waals surface area contributed by atoms with Crippen LogP contribution < -0.4 is 10.9 Å². The van der Waals surface area contributed by atoms with Crippen LogP contribution in [-0.4, -0.2) is 27.9 Å². The number of pyridine rings is 2. The maximum atomic E-state index is 13.6. The van der Waals surface area contributed by atoms with Crippen LogP contribution in [0.4, 0.5) is 17.6 Å². The van der Waals surface area contributed by atoms with Gasteiger partial charge in [0, 0.05) is 29.6 Å². The van der Waals surface area contributed by atoms with Gasteiger partial charge in [0.2, 0.25) is 5.95 Å². The second-order valence-corrected chi connectivity index (χ2v) is 7.27. The fraction of sp³-hybridized carbons (Fsp3) is 0.227. The number of benzene rings is 1. The molecule has 1 aromatic carbocycles. The first-order valence-corrected chi connectivity index (χ1v) is 9.53. The molecule has 0 aliphatic carbocycles. The van der Waals surface area contributed by atoms with Crippen molar-refractivity contribution in [3.63, 3.8) is 0 Å². The standard InChI is InChI=1S/C22H18F4N4O/c1-13-22(15-3-6-17(23)7-4-15,16-5-8-19(26)27-10-16)29-21(28-13)14-2-9-20(31)30(11-14)12-18(24)25/h2-11,13,18H,12H2,1H3,(H,28,29)/t13-,22+/m0/s1. The van der Waals surface area contributed by atoms with Gasteiger partial charge in [-0.25, -0.2) is 23.1 Å². The molecule has 0 spiro atoms. The molecule has 0 saturated carbocycles. The van der Waals surface area contributed by atoms with E-state index in [1.807, 2.05) is 6.92 Å². The van der Waals surface area contributed by atoms with Gasteiger partial charge in [-0.3, -0.25) is 4.79 Å². The Balaban J connectivity index is 1.87. The van der Waals surface area contributed by atoms with Crippen LogP contribution in [0.2, 0.25) is 0 Å². The summed E-state index contributed by atoms with van der Waals surface area (Å²) in [5, 5.41) is 3.22. The number of alkyl halides is 2. The Labute approximate surface area is 175 Å². The number of halogens is 4. The summed E-state index contributed by atoms with van der Waals surface area (Å²) in [7, 11) is 0. The zero-order chi connectivity index (χ0) is 22.2. The fourth-order valence-electron chi connectivity index (χ4n) is 3.83. The maximum absolute atomic E-state index is 13.6. The van der Waals surface area contributed by atoms with Gasteiger partial charge in [-0.1, -0.05) is 18.2 Å². The lowest BCUT2D eigenvalue weighted by Gasteiger charge is -2.31. The van der Waals surface area contributed by atoms with Crippen molar-refractivity contribution < 1.29 is 17.6 Å². The third-order valence-electron chi connectivity index (χ3n) is 5.31. The largest absolute Gasteiger partial charge is 0.364 e. The van der Waals surface area contributed by atoms with E-state index in [9.17, 15) is 22.4 Å². The SMILES string of the molecule is C[C@@H]1NC(c2ccc(=O)n(CC(F)F)c2)=N[C@]1(c1ccc(F)cc1)c1ccc(F)nc1. The first-order chi connectivity index (χ1) is 14.8. The quantitative estimate of drug-likeness (QED) is 0.498. The van der Waals surface area contributed by atoms with Crippen molar-refractivity contribution in [2.45, 2.75) is 31.5 Å². The molecule has 2 aromatic heterocycles. The van der Waals surface area contributed by atoms with Crippen molar-refractivity contribution in [1.82, 2.24) is 14.9 Å². The molecule has 1 aliphatic heterocycles. The molecule has 0 radical (unpaired) electrons. The third-order valence-corrected chi connectivity index (χ3v) is 5.31. The molecule has 0 unspecified atom stereocenters. The van der Waals surface area contributed by atoms with Crippen LogP contribution in [0, 0.1) is 11.8 Å². The molecular weight excluding hydrogens is 412 g/mol. The minimum Gasteiger partial charge on any atom is -0.364 e. The van der Waals surface area contributed by atoms with E-state index in [1.165, 1.54) is 42.7 Å².